The molecule has 0 aromatic carbocycles. The van der Waals surface area contributed by atoms with E-state index in [4.69, 9.17) is 16.3 Å². The highest BCUT2D eigenvalue weighted by Crippen LogP contribution is 2.34. The average Bonchev–Trinajstić information content (AvgIpc) is 3.09. The van der Waals surface area contributed by atoms with Gasteiger partial charge in [-0.05, 0) is 17.7 Å². The number of anilines is 1. The van der Waals surface area contributed by atoms with Gasteiger partial charge in [0.1, 0.15) is 0 Å². The van der Waals surface area contributed by atoms with Gasteiger partial charge in [-0.2, -0.15) is 22.5 Å². The van der Waals surface area contributed by atoms with E-state index in [-0.39, 0.29) is 31.5 Å². The largest absolute Gasteiger partial charge is 0.511 e. The maximum atomic E-state index is 12.7. The fourth-order valence-electron chi connectivity index (χ4n) is 3.50. The van der Waals surface area contributed by atoms with E-state index in [1.807, 2.05) is 11.0 Å². The first-order chi connectivity index (χ1) is 14.1. The summed E-state index contributed by atoms with van der Waals surface area (Å²) in [5.41, 5.74) is -4.55. The summed E-state index contributed by atoms with van der Waals surface area (Å²) < 4.78 is 68.1. The van der Waals surface area contributed by atoms with Gasteiger partial charge in [-0.3, -0.25) is 4.90 Å². The number of ether oxygens (including phenoxy) is 1. The molecule has 0 atom stereocenters. The predicted octanol–water partition coefficient (Wildman–Crippen LogP) is 2.15. The fraction of sp³-hybridized carbons (Fsp3) is 0.625. The van der Waals surface area contributed by atoms with Crippen LogP contribution < -0.4 is 4.90 Å². The van der Waals surface area contributed by atoms with Crippen LogP contribution in [0.25, 0.3) is 10.2 Å². The lowest BCUT2D eigenvalue weighted by Crippen LogP contribution is -2.51. The molecule has 4 rings (SSSR count). The molecule has 30 heavy (non-hydrogen) atoms. The van der Waals surface area contributed by atoms with Gasteiger partial charge in [0.25, 0.3) is 0 Å². The van der Waals surface area contributed by atoms with Crippen LogP contribution in [0.1, 0.15) is 4.88 Å². The molecule has 166 valence electrons. The Morgan fingerprint density at radius 2 is 1.77 bits per heavy atom. The van der Waals surface area contributed by atoms with Crippen molar-refractivity contribution in [1.82, 2.24) is 19.2 Å². The quantitative estimate of drug-likeness (QED) is 0.614. The third-order valence-corrected chi connectivity index (χ3v) is 7.94. The third-order valence-electron chi connectivity index (χ3n) is 5.03. The Morgan fingerprint density at radius 1 is 1.10 bits per heavy atom. The van der Waals surface area contributed by atoms with Crippen LogP contribution in [0.5, 0.6) is 0 Å². The van der Waals surface area contributed by atoms with E-state index in [1.54, 1.807) is 0 Å². The summed E-state index contributed by atoms with van der Waals surface area (Å²) in [5.74, 6) is 0.755. The van der Waals surface area contributed by atoms with Crippen molar-refractivity contribution >= 4 is 49.0 Å². The molecule has 4 heterocycles. The van der Waals surface area contributed by atoms with E-state index < -0.39 is 15.5 Å². The minimum atomic E-state index is -5.28. The van der Waals surface area contributed by atoms with Gasteiger partial charge < -0.3 is 9.64 Å². The summed E-state index contributed by atoms with van der Waals surface area (Å²) in [6.07, 6.45) is 0. The van der Waals surface area contributed by atoms with Crippen molar-refractivity contribution in [1.29, 1.82) is 0 Å². The normalized spacial score (nSPS) is 20.2. The van der Waals surface area contributed by atoms with Gasteiger partial charge in [0, 0.05) is 50.7 Å². The molecular formula is C16H19ClF3N5O3S2. The number of hydrogen-bond donors (Lipinski definition) is 0. The zero-order chi connectivity index (χ0) is 21.5. The van der Waals surface area contributed by atoms with E-state index >= 15 is 0 Å². The molecule has 0 radical (unpaired) electrons. The highest BCUT2D eigenvalue weighted by Gasteiger charge is 2.50. The molecular weight excluding hydrogens is 467 g/mol. The molecule has 0 bridgehead atoms. The lowest BCUT2D eigenvalue weighted by Gasteiger charge is -2.33. The Balaban J connectivity index is 1.48. The SMILES string of the molecule is O=S(=O)(N1CCN(Cc2cc3nc(Cl)nc(N4CCOCC4)c3s2)CC1)C(F)(F)F. The number of morpholine rings is 1. The van der Waals surface area contributed by atoms with E-state index in [0.717, 1.165) is 20.9 Å². The first kappa shape index (κ1) is 22.0. The van der Waals surface area contributed by atoms with Gasteiger partial charge >= 0.3 is 15.5 Å². The van der Waals surface area contributed by atoms with Crippen LogP contribution in [0.2, 0.25) is 5.28 Å². The number of aromatic nitrogens is 2. The molecule has 0 unspecified atom stereocenters. The minimum absolute atomic E-state index is 0.152. The topological polar surface area (TPSA) is 78.9 Å². The van der Waals surface area contributed by atoms with Crippen LogP contribution in [0.4, 0.5) is 19.0 Å². The number of rotatable bonds is 4. The molecule has 8 nitrogen and oxygen atoms in total. The van der Waals surface area contributed by atoms with Crippen LogP contribution in [0.15, 0.2) is 6.07 Å². The summed E-state index contributed by atoms with van der Waals surface area (Å²) in [7, 11) is -5.28. The van der Waals surface area contributed by atoms with Gasteiger partial charge in [0.15, 0.2) is 5.82 Å². The van der Waals surface area contributed by atoms with Crippen molar-refractivity contribution in [3.05, 3.63) is 16.2 Å². The predicted molar refractivity (Wildman–Crippen MR) is 107 cm³/mol. The van der Waals surface area contributed by atoms with Gasteiger partial charge in [0.2, 0.25) is 5.28 Å². The van der Waals surface area contributed by atoms with E-state index in [9.17, 15) is 21.6 Å². The zero-order valence-corrected chi connectivity index (χ0v) is 18.1. The molecule has 0 aliphatic carbocycles. The Bertz CT molecular complexity index is 1020. The van der Waals surface area contributed by atoms with Gasteiger partial charge in [-0.25, -0.2) is 13.4 Å². The molecule has 2 aromatic heterocycles. The van der Waals surface area contributed by atoms with Gasteiger partial charge in [0.05, 0.1) is 23.4 Å². The summed E-state index contributed by atoms with van der Waals surface area (Å²) in [5, 5.41) is 0.152. The second-order valence-electron chi connectivity index (χ2n) is 6.97. The Hall–Kier alpha value is -1.25. The van der Waals surface area contributed by atoms with Gasteiger partial charge in [-0.1, -0.05) is 0 Å². The maximum Gasteiger partial charge on any atom is 0.511 e. The van der Waals surface area contributed by atoms with E-state index in [0.29, 0.717) is 37.2 Å². The molecule has 2 aromatic rings. The second-order valence-corrected chi connectivity index (χ2v) is 10.4. The molecule has 2 saturated heterocycles. The molecule has 2 fully saturated rings. The molecule has 14 heteroatoms. The average molecular weight is 486 g/mol. The van der Waals surface area contributed by atoms with Crippen molar-refractivity contribution in [3.8, 4) is 0 Å². The lowest BCUT2D eigenvalue weighted by molar-refractivity contribution is -0.0500. The monoisotopic (exact) mass is 485 g/mol. The van der Waals surface area contributed by atoms with Crippen molar-refractivity contribution in [2.75, 3.05) is 57.4 Å². The molecule has 2 aliphatic rings. The molecule has 0 spiro atoms. The molecule has 0 saturated carbocycles. The number of alkyl halides is 3. The zero-order valence-electron chi connectivity index (χ0n) is 15.7. The number of hydrogen-bond acceptors (Lipinski definition) is 8. The highest BCUT2D eigenvalue weighted by molar-refractivity contribution is 7.90. The van der Waals surface area contributed by atoms with E-state index in [1.165, 1.54) is 11.3 Å². The maximum absolute atomic E-state index is 12.7. The standard InChI is InChI=1S/C16H19ClF3N5O3S2/c17-15-21-12-9-11(29-13(12)14(22-15)24-5-7-28-8-6-24)10-23-1-3-25(4-2-23)30(26,27)16(18,19)20/h9H,1-8,10H2. The molecule has 0 amide bonds. The second kappa shape index (κ2) is 8.36. The number of halogens is 4. The van der Waals surface area contributed by atoms with Crippen LogP contribution in [-0.2, 0) is 21.3 Å². The first-order valence-corrected chi connectivity index (χ1v) is 11.9. The summed E-state index contributed by atoms with van der Waals surface area (Å²) in [4.78, 5) is 13.7. The van der Waals surface area contributed by atoms with Gasteiger partial charge in [-0.15, -0.1) is 11.3 Å². The van der Waals surface area contributed by atoms with Crippen molar-refractivity contribution in [2.24, 2.45) is 0 Å². The highest BCUT2D eigenvalue weighted by atomic mass is 35.5. The van der Waals surface area contributed by atoms with Crippen molar-refractivity contribution in [2.45, 2.75) is 12.1 Å². The fourth-order valence-corrected chi connectivity index (χ4v) is 5.76. The lowest BCUT2D eigenvalue weighted by atomic mass is 10.3. The Morgan fingerprint density at radius 3 is 2.40 bits per heavy atom. The third kappa shape index (κ3) is 4.36. The van der Waals surface area contributed by atoms with Crippen LogP contribution in [0, 0.1) is 0 Å². The summed E-state index contributed by atoms with van der Waals surface area (Å²) in [6.45, 7) is 3.13. The number of thiophene rings is 1. The van der Waals surface area contributed by atoms with E-state index in [2.05, 4.69) is 14.9 Å². The Kier molecular flexibility index (Phi) is 6.12. The van der Waals surface area contributed by atoms with Crippen LogP contribution in [0.3, 0.4) is 0 Å². The number of sulfonamides is 1. The summed E-state index contributed by atoms with van der Waals surface area (Å²) >= 11 is 7.61. The Labute approximate surface area is 180 Å². The smallest absolute Gasteiger partial charge is 0.378 e. The number of nitrogens with zero attached hydrogens (tertiary/aromatic N) is 5. The van der Waals surface area contributed by atoms with Crippen molar-refractivity contribution in [3.63, 3.8) is 0 Å². The molecule has 0 N–H and O–H groups in total. The molecule has 2 aliphatic heterocycles. The number of piperazine rings is 1. The summed E-state index contributed by atoms with van der Waals surface area (Å²) in [6, 6.07) is 1.90. The first-order valence-electron chi connectivity index (χ1n) is 9.22. The van der Waals surface area contributed by atoms with Crippen LogP contribution >= 0.6 is 22.9 Å². The van der Waals surface area contributed by atoms with Crippen LogP contribution in [-0.4, -0.2) is 85.6 Å². The van der Waals surface area contributed by atoms with Crippen molar-refractivity contribution < 1.29 is 26.3 Å². The minimum Gasteiger partial charge on any atom is -0.378 e. The number of fused-ring (bicyclic) bond motifs is 1.